The molecule has 0 atom stereocenters. The first-order valence-corrected chi connectivity index (χ1v) is 7.93. The zero-order valence-electron chi connectivity index (χ0n) is 14.1. The van der Waals surface area contributed by atoms with E-state index < -0.39 is 0 Å². The number of carbonyl (C=O) groups is 1. The summed E-state index contributed by atoms with van der Waals surface area (Å²) in [7, 11) is 3.29. The quantitative estimate of drug-likeness (QED) is 0.460. The molecule has 4 heteroatoms. The summed E-state index contributed by atoms with van der Waals surface area (Å²) < 4.78 is 10.2. The minimum absolute atomic E-state index is 0.0897. The third kappa shape index (κ3) is 5.25. The van der Waals surface area contributed by atoms with Gasteiger partial charge >= 0.3 is 0 Å². The molecule has 24 heavy (non-hydrogen) atoms. The van der Waals surface area contributed by atoms with Crippen LogP contribution >= 0.6 is 0 Å². The molecule has 0 unspecified atom stereocenters. The second-order valence-electron chi connectivity index (χ2n) is 5.30. The summed E-state index contributed by atoms with van der Waals surface area (Å²) in [5, 5.41) is 2.95. The molecular formula is C20H23NO3. The molecule has 0 aliphatic carbocycles. The lowest BCUT2D eigenvalue weighted by Crippen LogP contribution is -2.26. The number of methoxy groups -OCH3 is 2. The molecular weight excluding hydrogens is 302 g/mol. The molecule has 0 saturated carbocycles. The average molecular weight is 325 g/mol. The Labute approximate surface area is 143 Å². The molecule has 1 amide bonds. The fourth-order valence-corrected chi connectivity index (χ4v) is 2.28. The van der Waals surface area contributed by atoms with Crippen molar-refractivity contribution in [2.75, 3.05) is 27.4 Å². The fourth-order valence-electron chi connectivity index (χ4n) is 2.28. The van der Waals surface area contributed by atoms with Crippen molar-refractivity contribution >= 4 is 17.6 Å². The number of ether oxygens (including phenoxy) is 2. The van der Waals surface area contributed by atoms with Crippen molar-refractivity contribution < 1.29 is 14.3 Å². The SMILES string of the molecule is COCCCNC(=O)/C(=C/c1ccc(OC)cc1)c1ccccc1. The van der Waals surface area contributed by atoms with Gasteiger partial charge in [-0.1, -0.05) is 42.5 Å². The smallest absolute Gasteiger partial charge is 0.251 e. The molecule has 4 nitrogen and oxygen atoms in total. The summed E-state index contributed by atoms with van der Waals surface area (Å²) in [6.45, 7) is 1.21. The van der Waals surface area contributed by atoms with Crippen LogP contribution in [0.15, 0.2) is 54.6 Å². The zero-order chi connectivity index (χ0) is 17.2. The van der Waals surface area contributed by atoms with Crippen molar-refractivity contribution in [1.82, 2.24) is 5.32 Å². The highest BCUT2D eigenvalue weighted by molar-refractivity contribution is 6.24. The van der Waals surface area contributed by atoms with Gasteiger partial charge in [0, 0.05) is 25.8 Å². The number of rotatable bonds is 8. The van der Waals surface area contributed by atoms with Crippen LogP contribution in [-0.4, -0.2) is 33.3 Å². The maximum absolute atomic E-state index is 12.6. The highest BCUT2D eigenvalue weighted by atomic mass is 16.5. The topological polar surface area (TPSA) is 47.6 Å². The highest BCUT2D eigenvalue weighted by Crippen LogP contribution is 2.20. The van der Waals surface area contributed by atoms with Crippen LogP contribution in [0.25, 0.3) is 11.6 Å². The van der Waals surface area contributed by atoms with Crippen molar-refractivity contribution in [3.63, 3.8) is 0 Å². The summed E-state index contributed by atoms with van der Waals surface area (Å²) in [4.78, 5) is 12.6. The van der Waals surface area contributed by atoms with Crippen LogP contribution < -0.4 is 10.1 Å². The summed E-state index contributed by atoms with van der Waals surface area (Å²) in [5.74, 6) is 0.700. The lowest BCUT2D eigenvalue weighted by Gasteiger charge is -2.10. The zero-order valence-corrected chi connectivity index (χ0v) is 14.1. The first kappa shape index (κ1) is 17.8. The van der Waals surface area contributed by atoms with E-state index in [-0.39, 0.29) is 5.91 Å². The second-order valence-corrected chi connectivity index (χ2v) is 5.30. The van der Waals surface area contributed by atoms with Crippen molar-refractivity contribution in [1.29, 1.82) is 0 Å². The first-order chi connectivity index (χ1) is 11.7. The van der Waals surface area contributed by atoms with Gasteiger partial charge in [-0.05, 0) is 35.8 Å². The van der Waals surface area contributed by atoms with E-state index >= 15 is 0 Å². The monoisotopic (exact) mass is 325 g/mol. The Morgan fingerprint density at radius 2 is 1.75 bits per heavy atom. The predicted molar refractivity (Wildman–Crippen MR) is 96.8 cm³/mol. The van der Waals surface area contributed by atoms with Crippen LogP contribution in [0.2, 0.25) is 0 Å². The maximum atomic E-state index is 12.6. The predicted octanol–water partition coefficient (Wildman–Crippen LogP) is 3.39. The van der Waals surface area contributed by atoms with E-state index in [1.165, 1.54) is 0 Å². The Kier molecular flexibility index (Phi) is 7.05. The molecule has 0 saturated heterocycles. The normalized spacial score (nSPS) is 11.2. The van der Waals surface area contributed by atoms with E-state index in [4.69, 9.17) is 9.47 Å². The Morgan fingerprint density at radius 3 is 2.38 bits per heavy atom. The van der Waals surface area contributed by atoms with Gasteiger partial charge in [-0.25, -0.2) is 0 Å². The van der Waals surface area contributed by atoms with Crippen LogP contribution in [0.3, 0.4) is 0 Å². The fraction of sp³-hybridized carbons (Fsp3) is 0.250. The average Bonchev–Trinajstić information content (AvgIpc) is 2.64. The van der Waals surface area contributed by atoms with Crippen molar-refractivity contribution in [3.8, 4) is 5.75 Å². The lowest BCUT2D eigenvalue weighted by atomic mass is 10.0. The van der Waals surface area contributed by atoms with Gasteiger partial charge < -0.3 is 14.8 Å². The third-order valence-electron chi connectivity index (χ3n) is 3.57. The molecule has 0 spiro atoms. The van der Waals surface area contributed by atoms with E-state index in [1.807, 2.05) is 60.7 Å². The number of carbonyl (C=O) groups excluding carboxylic acids is 1. The molecule has 1 N–H and O–H groups in total. The summed E-state index contributed by atoms with van der Waals surface area (Å²) in [6.07, 6.45) is 2.67. The van der Waals surface area contributed by atoms with Gasteiger partial charge in [0.15, 0.2) is 0 Å². The minimum atomic E-state index is -0.0897. The van der Waals surface area contributed by atoms with Crippen LogP contribution in [0.1, 0.15) is 17.5 Å². The highest BCUT2D eigenvalue weighted by Gasteiger charge is 2.11. The van der Waals surface area contributed by atoms with Gasteiger partial charge in [-0.15, -0.1) is 0 Å². The number of hydrogen-bond acceptors (Lipinski definition) is 3. The van der Waals surface area contributed by atoms with Crippen LogP contribution in [-0.2, 0) is 9.53 Å². The Morgan fingerprint density at radius 1 is 1.04 bits per heavy atom. The Balaban J connectivity index is 2.22. The van der Waals surface area contributed by atoms with Crippen LogP contribution in [0, 0.1) is 0 Å². The van der Waals surface area contributed by atoms with E-state index in [2.05, 4.69) is 5.32 Å². The summed E-state index contributed by atoms with van der Waals surface area (Å²) in [6, 6.07) is 17.3. The summed E-state index contributed by atoms with van der Waals surface area (Å²) >= 11 is 0. The van der Waals surface area contributed by atoms with E-state index in [0.29, 0.717) is 18.7 Å². The molecule has 2 aromatic rings. The molecule has 0 bridgehead atoms. The summed E-state index contributed by atoms with van der Waals surface area (Å²) in [5.41, 5.74) is 2.47. The minimum Gasteiger partial charge on any atom is -0.497 e. The van der Waals surface area contributed by atoms with Crippen molar-refractivity contribution in [2.24, 2.45) is 0 Å². The van der Waals surface area contributed by atoms with Crippen LogP contribution in [0.5, 0.6) is 5.75 Å². The molecule has 0 heterocycles. The number of amides is 1. The number of benzene rings is 2. The molecule has 0 radical (unpaired) electrons. The lowest BCUT2D eigenvalue weighted by molar-refractivity contribution is -0.115. The van der Waals surface area contributed by atoms with Gasteiger partial charge in [-0.2, -0.15) is 0 Å². The maximum Gasteiger partial charge on any atom is 0.251 e. The van der Waals surface area contributed by atoms with Crippen molar-refractivity contribution in [3.05, 3.63) is 65.7 Å². The van der Waals surface area contributed by atoms with Gasteiger partial charge in [0.2, 0.25) is 0 Å². The van der Waals surface area contributed by atoms with Gasteiger partial charge in [0.25, 0.3) is 5.91 Å². The van der Waals surface area contributed by atoms with Crippen molar-refractivity contribution in [2.45, 2.75) is 6.42 Å². The molecule has 0 fully saturated rings. The Bertz CT molecular complexity index is 663. The molecule has 0 aromatic heterocycles. The number of nitrogens with one attached hydrogen (secondary N) is 1. The van der Waals surface area contributed by atoms with E-state index in [0.717, 1.165) is 23.3 Å². The molecule has 126 valence electrons. The van der Waals surface area contributed by atoms with E-state index in [1.54, 1.807) is 14.2 Å². The largest absolute Gasteiger partial charge is 0.497 e. The molecule has 0 aliphatic heterocycles. The van der Waals surface area contributed by atoms with E-state index in [9.17, 15) is 4.79 Å². The second kappa shape index (κ2) is 9.53. The molecule has 2 rings (SSSR count). The first-order valence-electron chi connectivity index (χ1n) is 7.93. The number of hydrogen-bond donors (Lipinski definition) is 1. The third-order valence-corrected chi connectivity index (χ3v) is 3.57. The van der Waals surface area contributed by atoms with Crippen LogP contribution in [0.4, 0.5) is 0 Å². The standard InChI is InChI=1S/C20H23NO3/c1-23-14-6-13-21-20(22)19(17-7-4-3-5-8-17)15-16-9-11-18(24-2)12-10-16/h3-5,7-12,15H,6,13-14H2,1-2H3,(H,21,22)/b19-15+. The van der Waals surface area contributed by atoms with Gasteiger partial charge in [-0.3, -0.25) is 4.79 Å². The van der Waals surface area contributed by atoms with Gasteiger partial charge in [0.1, 0.15) is 5.75 Å². The van der Waals surface area contributed by atoms with Gasteiger partial charge in [0.05, 0.1) is 7.11 Å². The molecule has 2 aromatic carbocycles. The Hall–Kier alpha value is -2.59. The molecule has 0 aliphatic rings.